The van der Waals surface area contributed by atoms with Crippen molar-refractivity contribution >= 4 is 11.9 Å². The van der Waals surface area contributed by atoms with Gasteiger partial charge in [-0.05, 0) is 44.9 Å². The number of hydrogen-bond acceptors (Lipinski definition) is 10. The predicted octanol–water partition coefficient (Wildman–Crippen LogP) is 8.72. The Bertz CT molecular complexity index is 980. The number of carbonyl (C=O) groups is 2. The Morgan fingerprint density at radius 1 is 0.593 bits per heavy atom. The Kier molecular flexibility index (Phi) is 32.7. The summed E-state index contributed by atoms with van der Waals surface area (Å²) in [5, 5.41) is 40.0. The molecule has 0 amide bonds. The Morgan fingerprint density at radius 2 is 1.09 bits per heavy atom. The minimum atomic E-state index is -1.60. The van der Waals surface area contributed by atoms with Crippen LogP contribution >= 0.6 is 0 Å². The quantitative estimate of drug-likeness (QED) is 0.0280. The van der Waals surface area contributed by atoms with Crippen molar-refractivity contribution in [1.82, 2.24) is 0 Å². The van der Waals surface area contributed by atoms with Crippen molar-refractivity contribution in [3.8, 4) is 0 Å². The summed E-state index contributed by atoms with van der Waals surface area (Å²) < 4.78 is 22.1. The van der Waals surface area contributed by atoms with Gasteiger partial charge in [-0.25, -0.2) is 0 Å². The fraction of sp³-hybridized carbons (Fsp3) is 0.818. The minimum absolute atomic E-state index is 0.196. The van der Waals surface area contributed by atoms with Crippen molar-refractivity contribution in [3.05, 3.63) is 36.5 Å². The second-order valence-corrected chi connectivity index (χ2v) is 14.8. The van der Waals surface area contributed by atoms with Crippen LogP contribution in [0.5, 0.6) is 0 Å². The Morgan fingerprint density at radius 3 is 1.65 bits per heavy atom. The van der Waals surface area contributed by atoms with Crippen LogP contribution in [-0.4, -0.2) is 89.0 Å². The first-order valence-corrected chi connectivity index (χ1v) is 21.6. The second kappa shape index (κ2) is 35.3. The maximum Gasteiger partial charge on any atom is 0.306 e. The van der Waals surface area contributed by atoms with E-state index in [1.807, 2.05) is 0 Å². The van der Waals surface area contributed by atoms with Crippen LogP contribution in [-0.2, 0) is 28.5 Å². The third-order valence-corrected chi connectivity index (χ3v) is 9.79. The molecule has 0 radical (unpaired) electrons. The number of carbonyl (C=O) groups excluding carboxylic acids is 2. The van der Waals surface area contributed by atoms with Gasteiger partial charge in [0, 0.05) is 12.8 Å². The molecule has 1 aliphatic rings. The molecule has 0 bridgehead atoms. The zero-order valence-electron chi connectivity index (χ0n) is 34.0. The van der Waals surface area contributed by atoms with Gasteiger partial charge < -0.3 is 39.4 Å². The van der Waals surface area contributed by atoms with Crippen molar-refractivity contribution in [2.24, 2.45) is 0 Å². The second-order valence-electron chi connectivity index (χ2n) is 14.8. The van der Waals surface area contributed by atoms with E-state index in [1.165, 1.54) is 83.5 Å². The molecule has 10 nitrogen and oxygen atoms in total. The molecule has 54 heavy (non-hydrogen) atoms. The highest BCUT2D eigenvalue weighted by Gasteiger charge is 2.44. The summed E-state index contributed by atoms with van der Waals surface area (Å²) in [6, 6.07) is 0. The summed E-state index contributed by atoms with van der Waals surface area (Å²) in [6.07, 6.45) is 31.6. The normalized spacial score (nSPS) is 21.0. The van der Waals surface area contributed by atoms with E-state index in [9.17, 15) is 30.0 Å². The molecular formula is C44H78O10. The number of aliphatic hydroxyl groups is 4. The number of hydrogen-bond donors (Lipinski definition) is 4. The highest BCUT2D eigenvalue weighted by molar-refractivity contribution is 5.70. The van der Waals surface area contributed by atoms with Crippen molar-refractivity contribution in [1.29, 1.82) is 0 Å². The smallest absolute Gasteiger partial charge is 0.306 e. The van der Waals surface area contributed by atoms with Crippen LogP contribution in [0.4, 0.5) is 0 Å². The summed E-state index contributed by atoms with van der Waals surface area (Å²) in [5.41, 5.74) is 0. The first-order chi connectivity index (χ1) is 26.3. The molecular weight excluding hydrogens is 688 g/mol. The molecule has 0 aromatic rings. The number of allylic oxidation sites excluding steroid dienone is 6. The Balaban J connectivity index is 2.35. The molecule has 0 aromatic carbocycles. The lowest BCUT2D eigenvalue weighted by Gasteiger charge is -2.39. The SMILES string of the molecule is CC/C=C\C/C=C\C/C=C\CCCCCC(=O)OC(COC(=O)CCCCCCCCCCCCCCCCCC)COC1OC(CO)C(O)C(O)C1O. The average Bonchev–Trinajstić information content (AvgIpc) is 3.17. The van der Waals surface area contributed by atoms with Gasteiger partial charge in [-0.3, -0.25) is 9.59 Å². The zero-order chi connectivity index (χ0) is 39.5. The van der Waals surface area contributed by atoms with E-state index in [4.69, 9.17) is 18.9 Å². The third kappa shape index (κ3) is 26.7. The van der Waals surface area contributed by atoms with Crippen LogP contribution in [0.2, 0.25) is 0 Å². The molecule has 1 heterocycles. The Labute approximate surface area is 327 Å². The van der Waals surface area contributed by atoms with Crippen LogP contribution in [0, 0.1) is 0 Å². The van der Waals surface area contributed by atoms with E-state index < -0.39 is 49.4 Å². The average molecular weight is 767 g/mol. The number of rotatable bonds is 35. The monoisotopic (exact) mass is 767 g/mol. The molecule has 1 fully saturated rings. The van der Waals surface area contributed by atoms with Crippen LogP contribution < -0.4 is 0 Å². The van der Waals surface area contributed by atoms with Crippen LogP contribution in [0.1, 0.15) is 174 Å². The summed E-state index contributed by atoms with van der Waals surface area (Å²) in [5.74, 6) is -0.838. The highest BCUT2D eigenvalue weighted by Crippen LogP contribution is 2.22. The van der Waals surface area contributed by atoms with E-state index in [1.54, 1.807) is 0 Å². The topological polar surface area (TPSA) is 152 Å². The standard InChI is InChI=1S/C44H78O10/c1-3-5-7-9-11-13-15-17-18-19-21-22-24-26-28-30-32-39(46)51-35-37(36-52-44-43(50)42(49)41(48)38(34-45)54-44)53-40(47)33-31-29-27-25-23-20-16-14-12-10-8-6-4-2/h6,8,12,14,20,23,37-38,41-45,48-50H,3-5,7,9-11,13,15-19,21-22,24-36H2,1-2H3/b8-6-,14-12-,23-20-. The molecule has 1 saturated heterocycles. The minimum Gasteiger partial charge on any atom is -0.462 e. The van der Waals surface area contributed by atoms with Crippen molar-refractivity contribution in [2.75, 3.05) is 19.8 Å². The molecule has 4 N–H and O–H groups in total. The number of ether oxygens (including phenoxy) is 4. The molecule has 0 spiro atoms. The fourth-order valence-corrected chi connectivity index (χ4v) is 6.38. The van der Waals surface area contributed by atoms with E-state index in [0.717, 1.165) is 57.8 Å². The molecule has 10 heteroatoms. The molecule has 1 rings (SSSR count). The van der Waals surface area contributed by atoms with Gasteiger partial charge in [0.15, 0.2) is 12.4 Å². The van der Waals surface area contributed by atoms with Crippen molar-refractivity contribution in [3.63, 3.8) is 0 Å². The first-order valence-electron chi connectivity index (χ1n) is 21.6. The third-order valence-electron chi connectivity index (χ3n) is 9.79. The fourth-order valence-electron chi connectivity index (χ4n) is 6.38. The summed E-state index contributed by atoms with van der Waals surface area (Å²) in [6.45, 7) is 3.28. The van der Waals surface area contributed by atoms with Gasteiger partial charge in [0.2, 0.25) is 0 Å². The van der Waals surface area contributed by atoms with Crippen molar-refractivity contribution < 1.29 is 49.0 Å². The Hall–Kier alpha value is -2.08. The zero-order valence-corrected chi connectivity index (χ0v) is 34.0. The molecule has 0 aromatic heterocycles. The first kappa shape index (κ1) is 49.9. The van der Waals surface area contributed by atoms with Crippen LogP contribution in [0.15, 0.2) is 36.5 Å². The van der Waals surface area contributed by atoms with E-state index in [-0.39, 0.29) is 32.0 Å². The lowest BCUT2D eigenvalue weighted by molar-refractivity contribution is -0.305. The van der Waals surface area contributed by atoms with Gasteiger partial charge in [-0.15, -0.1) is 0 Å². The van der Waals surface area contributed by atoms with Crippen LogP contribution in [0.25, 0.3) is 0 Å². The van der Waals surface area contributed by atoms with Crippen molar-refractivity contribution in [2.45, 2.75) is 211 Å². The van der Waals surface area contributed by atoms with Gasteiger partial charge in [0.25, 0.3) is 0 Å². The summed E-state index contributed by atoms with van der Waals surface area (Å²) in [7, 11) is 0. The van der Waals surface area contributed by atoms with Gasteiger partial charge in [0.05, 0.1) is 13.2 Å². The van der Waals surface area contributed by atoms with E-state index in [0.29, 0.717) is 6.42 Å². The summed E-state index contributed by atoms with van der Waals surface area (Å²) >= 11 is 0. The number of aliphatic hydroxyl groups excluding tert-OH is 4. The van der Waals surface area contributed by atoms with Gasteiger partial charge in [-0.1, -0.05) is 153 Å². The molecule has 1 aliphatic heterocycles. The highest BCUT2D eigenvalue weighted by atomic mass is 16.7. The molecule has 0 saturated carbocycles. The summed E-state index contributed by atoms with van der Waals surface area (Å²) in [4.78, 5) is 25.3. The lowest BCUT2D eigenvalue weighted by atomic mass is 9.99. The van der Waals surface area contributed by atoms with Gasteiger partial charge >= 0.3 is 11.9 Å². The van der Waals surface area contributed by atoms with E-state index in [2.05, 4.69) is 50.3 Å². The molecule has 6 atom stereocenters. The van der Waals surface area contributed by atoms with E-state index >= 15 is 0 Å². The largest absolute Gasteiger partial charge is 0.462 e. The van der Waals surface area contributed by atoms with Gasteiger partial charge in [0.1, 0.15) is 31.0 Å². The maximum absolute atomic E-state index is 12.7. The van der Waals surface area contributed by atoms with Crippen LogP contribution in [0.3, 0.4) is 0 Å². The van der Waals surface area contributed by atoms with Gasteiger partial charge in [-0.2, -0.15) is 0 Å². The predicted molar refractivity (Wildman–Crippen MR) is 215 cm³/mol. The number of esters is 2. The number of unbranched alkanes of at least 4 members (excludes halogenated alkanes) is 18. The lowest BCUT2D eigenvalue weighted by Crippen LogP contribution is -2.59. The molecule has 314 valence electrons. The maximum atomic E-state index is 12.7. The molecule has 6 unspecified atom stereocenters. The molecule has 0 aliphatic carbocycles.